The minimum absolute atomic E-state index is 0.0434. The highest BCUT2D eigenvalue weighted by Crippen LogP contribution is 2.26. The summed E-state index contributed by atoms with van der Waals surface area (Å²) in [4.78, 5) is 25.4. The van der Waals surface area contributed by atoms with Crippen molar-refractivity contribution in [3.8, 4) is 5.75 Å². The monoisotopic (exact) mass is 358 g/mol. The third-order valence-corrected chi connectivity index (χ3v) is 4.58. The number of rotatable bonds is 6. The Morgan fingerprint density at radius 2 is 2.12 bits per heavy atom. The lowest BCUT2D eigenvalue weighted by molar-refractivity contribution is -0.145. The Balaban J connectivity index is 1.94. The van der Waals surface area contributed by atoms with Gasteiger partial charge in [-0.05, 0) is 39.0 Å². The summed E-state index contributed by atoms with van der Waals surface area (Å²) < 4.78 is 7.50. The molecular weight excluding hydrogens is 336 g/mol. The van der Waals surface area contributed by atoms with E-state index in [1.54, 1.807) is 18.2 Å². The normalized spacial score (nSPS) is 17.0. The van der Waals surface area contributed by atoms with Crippen LogP contribution in [0.5, 0.6) is 5.75 Å². The quantitative estimate of drug-likeness (QED) is 0.784. The number of Topliss-reactive ketones (excluding diaryl/α,β-unsaturated/α-hetero) is 1. The van der Waals surface area contributed by atoms with Crippen LogP contribution in [-0.2, 0) is 24.4 Å². The first-order valence-electron chi connectivity index (χ1n) is 8.53. The second-order valence-electron chi connectivity index (χ2n) is 6.34. The number of hydrogen-bond donors (Lipinski definition) is 1. The van der Waals surface area contributed by atoms with E-state index in [1.807, 2.05) is 23.3 Å². The third-order valence-electron chi connectivity index (χ3n) is 4.58. The number of carbonyl (C=O) groups excluding carboxylic acids is 1. The van der Waals surface area contributed by atoms with Gasteiger partial charge in [-0.2, -0.15) is 0 Å². The lowest BCUT2D eigenvalue weighted by Crippen LogP contribution is -2.47. The molecule has 0 saturated heterocycles. The minimum Gasteiger partial charge on any atom is -0.494 e. The smallest absolute Gasteiger partial charge is 0.322 e. The molecule has 8 heteroatoms. The molecule has 26 heavy (non-hydrogen) atoms. The highest BCUT2D eigenvalue weighted by molar-refractivity contribution is 5.94. The maximum absolute atomic E-state index is 11.8. The summed E-state index contributed by atoms with van der Waals surface area (Å²) in [5.41, 5.74) is 1.36. The van der Waals surface area contributed by atoms with Gasteiger partial charge < -0.3 is 14.4 Å². The first kappa shape index (κ1) is 18.1. The molecule has 138 valence electrons. The first-order valence-corrected chi connectivity index (χ1v) is 8.53. The van der Waals surface area contributed by atoms with Crippen LogP contribution in [0, 0.1) is 6.92 Å². The van der Waals surface area contributed by atoms with Crippen LogP contribution >= 0.6 is 0 Å². The van der Waals surface area contributed by atoms with E-state index in [0.717, 1.165) is 11.4 Å². The van der Waals surface area contributed by atoms with E-state index in [0.29, 0.717) is 43.4 Å². The number of hydrogen-bond acceptors (Lipinski definition) is 6. The van der Waals surface area contributed by atoms with Crippen LogP contribution in [0.3, 0.4) is 0 Å². The Labute approximate surface area is 151 Å². The van der Waals surface area contributed by atoms with Gasteiger partial charge in [0.05, 0.1) is 19.7 Å². The van der Waals surface area contributed by atoms with Gasteiger partial charge in [-0.1, -0.05) is 0 Å². The minimum atomic E-state index is -0.899. The topological polar surface area (TPSA) is 97.5 Å². The van der Waals surface area contributed by atoms with Gasteiger partial charge in [-0.3, -0.25) is 14.5 Å². The Morgan fingerprint density at radius 1 is 1.35 bits per heavy atom. The van der Waals surface area contributed by atoms with Crippen molar-refractivity contribution in [3.63, 3.8) is 0 Å². The average molecular weight is 358 g/mol. The average Bonchev–Trinajstić information content (AvgIpc) is 2.96. The van der Waals surface area contributed by atoms with E-state index in [1.165, 1.54) is 6.92 Å². The van der Waals surface area contributed by atoms with Crippen LogP contribution in [0.4, 0.5) is 0 Å². The lowest BCUT2D eigenvalue weighted by atomic mass is 10.0. The van der Waals surface area contributed by atoms with Gasteiger partial charge in [0.1, 0.15) is 23.4 Å². The molecule has 1 atom stereocenters. The van der Waals surface area contributed by atoms with Crippen molar-refractivity contribution in [2.24, 2.45) is 0 Å². The molecule has 0 spiro atoms. The highest BCUT2D eigenvalue weighted by atomic mass is 16.5. The van der Waals surface area contributed by atoms with E-state index in [-0.39, 0.29) is 5.78 Å². The largest absolute Gasteiger partial charge is 0.494 e. The number of ketones is 1. The molecule has 3 rings (SSSR count). The Hall–Kier alpha value is -2.74. The summed E-state index contributed by atoms with van der Waals surface area (Å²) in [7, 11) is 0. The number of nitrogens with zero attached hydrogens (tertiary/aromatic N) is 4. The zero-order valence-corrected chi connectivity index (χ0v) is 15.1. The van der Waals surface area contributed by atoms with E-state index in [2.05, 4.69) is 10.2 Å². The molecular formula is C18H22N4O4. The molecule has 0 aliphatic carbocycles. The molecule has 0 saturated carbocycles. The van der Waals surface area contributed by atoms with Crippen LogP contribution in [0.2, 0.25) is 0 Å². The maximum atomic E-state index is 11.8. The SMILES string of the molecule is CCOc1ccc(C(C)=O)cc1CN1Cc2nnc(C)n2CC1C(=O)O. The molecule has 1 aromatic carbocycles. The Morgan fingerprint density at radius 3 is 2.77 bits per heavy atom. The molecule has 0 amide bonds. The molecule has 2 aromatic rings. The van der Waals surface area contributed by atoms with Crippen molar-refractivity contribution in [2.75, 3.05) is 6.61 Å². The fourth-order valence-electron chi connectivity index (χ4n) is 3.20. The summed E-state index contributed by atoms with van der Waals surface area (Å²) in [5.74, 6) is 1.16. The summed E-state index contributed by atoms with van der Waals surface area (Å²) >= 11 is 0. The number of carboxylic acid groups (broad SMARTS) is 1. The van der Waals surface area contributed by atoms with Gasteiger partial charge in [-0.15, -0.1) is 10.2 Å². The van der Waals surface area contributed by atoms with E-state index < -0.39 is 12.0 Å². The van der Waals surface area contributed by atoms with Crippen LogP contribution in [0.25, 0.3) is 0 Å². The first-order chi connectivity index (χ1) is 12.4. The Bertz CT molecular complexity index is 846. The third kappa shape index (κ3) is 3.45. The number of fused-ring (bicyclic) bond motifs is 1. The summed E-state index contributed by atoms with van der Waals surface area (Å²) in [6.07, 6.45) is 0. The number of aromatic nitrogens is 3. The van der Waals surface area contributed by atoms with Gasteiger partial charge in [0.2, 0.25) is 0 Å². The summed E-state index contributed by atoms with van der Waals surface area (Å²) in [6, 6.07) is 4.56. The molecule has 0 bridgehead atoms. The standard InChI is InChI=1S/C18H22N4O4/c1-4-26-16-6-5-13(11(2)23)7-14(16)8-21-10-17-20-19-12(3)22(17)9-15(21)18(24)25/h5-7,15H,4,8-10H2,1-3H3,(H,24,25). The molecule has 1 N–H and O–H groups in total. The van der Waals surface area contributed by atoms with Crippen molar-refractivity contribution in [1.82, 2.24) is 19.7 Å². The van der Waals surface area contributed by atoms with Gasteiger partial charge in [0.25, 0.3) is 0 Å². The predicted molar refractivity (Wildman–Crippen MR) is 93.0 cm³/mol. The van der Waals surface area contributed by atoms with Crippen molar-refractivity contribution >= 4 is 11.8 Å². The fraction of sp³-hybridized carbons (Fsp3) is 0.444. The second kappa shape index (κ2) is 7.25. The number of carboxylic acids is 1. The lowest BCUT2D eigenvalue weighted by Gasteiger charge is -2.33. The van der Waals surface area contributed by atoms with Gasteiger partial charge in [0, 0.05) is 17.7 Å². The number of ether oxygens (including phenoxy) is 1. The van der Waals surface area contributed by atoms with Crippen LogP contribution in [-0.4, -0.2) is 49.2 Å². The number of benzene rings is 1. The number of aryl methyl sites for hydroxylation is 1. The molecule has 0 radical (unpaired) electrons. The van der Waals surface area contributed by atoms with E-state index in [9.17, 15) is 14.7 Å². The molecule has 1 aliphatic heterocycles. The van der Waals surface area contributed by atoms with Gasteiger partial charge in [-0.25, -0.2) is 0 Å². The Kier molecular flexibility index (Phi) is 5.03. The van der Waals surface area contributed by atoms with Crippen molar-refractivity contribution in [1.29, 1.82) is 0 Å². The zero-order valence-electron chi connectivity index (χ0n) is 15.1. The second-order valence-corrected chi connectivity index (χ2v) is 6.34. The highest BCUT2D eigenvalue weighted by Gasteiger charge is 2.33. The van der Waals surface area contributed by atoms with Crippen molar-refractivity contribution < 1.29 is 19.4 Å². The predicted octanol–water partition coefficient (Wildman–Crippen LogP) is 1.66. The van der Waals surface area contributed by atoms with Gasteiger partial charge >= 0.3 is 5.97 Å². The molecule has 1 aromatic heterocycles. The zero-order chi connectivity index (χ0) is 18.8. The van der Waals surface area contributed by atoms with E-state index in [4.69, 9.17) is 4.74 Å². The summed E-state index contributed by atoms with van der Waals surface area (Å²) in [6.45, 7) is 6.70. The molecule has 8 nitrogen and oxygen atoms in total. The molecule has 1 aliphatic rings. The molecule has 1 unspecified atom stereocenters. The van der Waals surface area contributed by atoms with Crippen LogP contribution in [0.15, 0.2) is 18.2 Å². The van der Waals surface area contributed by atoms with Crippen LogP contribution in [0.1, 0.15) is 41.4 Å². The maximum Gasteiger partial charge on any atom is 0.322 e. The van der Waals surface area contributed by atoms with E-state index >= 15 is 0 Å². The molecule has 0 fully saturated rings. The van der Waals surface area contributed by atoms with Crippen molar-refractivity contribution in [2.45, 2.75) is 46.4 Å². The number of aliphatic carboxylic acids is 1. The van der Waals surface area contributed by atoms with Gasteiger partial charge in [0.15, 0.2) is 5.78 Å². The summed E-state index contributed by atoms with van der Waals surface area (Å²) in [5, 5.41) is 17.9. The van der Waals surface area contributed by atoms with Crippen LogP contribution < -0.4 is 4.74 Å². The fourth-order valence-corrected chi connectivity index (χ4v) is 3.20. The number of carbonyl (C=O) groups is 2. The molecule has 2 heterocycles. The van der Waals surface area contributed by atoms with Crippen molar-refractivity contribution in [3.05, 3.63) is 41.0 Å².